The highest BCUT2D eigenvalue weighted by Crippen LogP contribution is 2.13. The number of carbonyl (C=O) groups excluding carboxylic acids is 1. The topological polar surface area (TPSA) is 44.4 Å². The molecule has 4 nitrogen and oxygen atoms in total. The van der Waals surface area contributed by atoms with Gasteiger partial charge in [-0.15, -0.1) is 0 Å². The number of nitrogens with zero attached hydrogens (tertiary/aromatic N) is 1. The highest BCUT2D eigenvalue weighted by Gasteiger charge is 2.19. The highest BCUT2D eigenvalue weighted by atomic mass is 16.1. The first-order valence-corrected chi connectivity index (χ1v) is 8.64. The van der Waals surface area contributed by atoms with Crippen molar-refractivity contribution in [3.05, 3.63) is 66.2 Å². The zero-order valence-corrected chi connectivity index (χ0v) is 13.9. The minimum Gasteiger partial charge on any atom is -0.325 e. The molecule has 1 amide bonds. The van der Waals surface area contributed by atoms with Crippen molar-refractivity contribution < 1.29 is 4.79 Å². The summed E-state index contributed by atoms with van der Waals surface area (Å²) >= 11 is 0. The van der Waals surface area contributed by atoms with E-state index in [4.69, 9.17) is 0 Å². The van der Waals surface area contributed by atoms with Crippen LogP contribution in [-0.4, -0.2) is 36.5 Å². The van der Waals surface area contributed by atoms with Crippen molar-refractivity contribution in [2.75, 3.05) is 25.0 Å². The second-order valence-electron chi connectivity index (χ2n) is 6.33. The van der Waals surface area contributed by atoms with E-state index in [9.17, 15) is 4.79 Å². The van der Waals surface area contributed by atoms with E-state index in [0.29, 0.717) is 12.6 Å². The summed E-state index contributed by atoms with van der Waals surface area (Å²) < 4.78 is 0. The van der Waals surface area contributed by atoms with Crippen LogP contribution in [0.5, 0.6) is 0 Å². The lowest BCUT2D eigenvalue weighted by atomic mass is 10.0. The molecule has 0 atom stereocenters. The summed E-state index contributed by atoms with van der Waals surface area (Å²) in [5.74, 6) is 0.0212. The molecule has 0 spiro atoms. The summed E-state index contributed by atoms with van der Waals surface area (Å²) in [7, 11) is 0. The van der Waals surface area contributed by atoms with E-state index in [1.807, 2.05) is 30.3 Å². The summed E-state index contributed by atoms with van der Waals surface area (Å²) in [5, 5.41) is 6.30. The fraction of sp³-hybridized carbons (Fsp3) is 0.350. The third kappa shape index (κ3) is 5.18. The summed E-state index contributed by atoms with van der Waals surface area (Å²) in [6.45, 7) is 3.54. The maximum atomic E-state index is 12.0. The molecule has 1 heterocycles. The Hall–Kier alpha value is -2.17. The van der Waals surface area contributed by atoms with Crippen LogP contribution < -0.4 is 10.6 Å². The molecule has 0 radical (unpaired) electrons. The van der Waals surface area contributed by atoms with Crippen LogP contribution in [0, 0.1) is 0 Å². The van der Waals surface area contributed by atoms with Crippen LogP contribution >= 0.6 is 0 Å². The Morgan fingerprint density at radius 1 is 0.958 bits per heavy atom. The Bertz CT molecular complexity index is 622. The van der Waals surface area contributed by atoms with Crippen LogP contribution in [0.25, 0.3) is 0 Å². The molecule has 3 rings (SSSR count). The van der Waals surface area contributed by atoms with E-state index in [1.165, 1.54) is 5.56 Å². The molecule has 126 valence electrons. The fourth-order valence-corrected chi connectivity index (χ4v) is 3.10. The second-order valence-corrected chi connectivity index (χ2v) is 6.33. The number of anilines is 1. The van der Waals surface area contributed by atoms with Gasteiger partial charge in [-0.05, 0) is 43.6 Å². The van der Waals surface area contributed by atoms with Gasteiger partial charge in [0.1, 0.15) is 0 Å². The Morgan fingerprint density at radius 2 is 1.58 bits per heavy atom. The van der Waals surface area contributed by atoms with Crippen molar-refractivity contribution in [3.63, 3.8) is 0 Å². The third-order valence-electron chi connectivity index (χ3n) is 4.45. The second kappa shape index (κ2) is 8.62. The van der Waals surface area contributed by atoms with Gasteiger partial charge in [-0.1, -0.05) is 48.5 Å². The standard InChI is InChI=1S/C20H25N3O/c24-20(22-19-9-5-2-6-10-19)15-21-18-11-13-23(14-12-18)16-17-7-3-1-4-8-17/h1-10,18,21H,11-16H2,(H,22,24). The number of para-hydroxylation sites is 1. The maximum Gasteiger partial charge on any atom is 0.238 e. The SMILES string of the molecule is O=C(CNC1CCN(Cc2ccccc2)CC1)Nc1ccccc1. The van der Waals surface area contributed by atoms with Crippen LogP contribution in [-0.2, 0) is 11.3 Å². The number of rotatable bonds is 6. The largest absolute Gasteiger partial charge is 0.325 e. The summed E-state index contributed by atoms with van der Waals surface area (Å²) in [5.41, 5.74) is 2.22. The molecule has 1 fully saturated rings. The van der Waals surface area contributed by atoms with E-state index in [0.717, 1.165) is 38.2 Å². The van der Waals surface area contributed by atoms with Gasteiger partial charge in [0.25, 0.3) is 0 Å². The van der Waals surface area contributed by atoms with Crippen molar-refractivity contribution in [1.29, 1.82) is 0 Å². The van der Waals surface area contributed by atoms with Crippen LogP contribution in [0.15, 0.2) is 60.7 Å². The van der Waals surface area contributed by atoms with Gasteiger partial charge in [0.2, 0.25) is 5.91 Å². The molecule has 0 unspecified atom stereocenters. The number of carbonyl (C=O) groups is 1. The monoisotopic (exact) mass is 323 g/mol. The van der Waals surface area contributed by atoms with Crippen LogP contribution in [0.3, 0.4) is 0 Å². The van der Waals surface area contributed by atoms with Gasteiger partial charge in [-0.3, -0.25) is 9.69 Å². The molecule has 0 aromatic heterocycles. The Kier molecular flexibility index (Phi) is 5.99. The Labute approximate surface area is 143 Å². The number of piperidine rings is 1. The van der Waals surface area contributed by atoms with E-state index in [2.05, 4.69) is 45.9 Å². The number of likely N-dealkylation sites (tertiary alicyclic amines) is 1. The van der Waals surface area contributed by atoms with Gasteiger partial charge < -0.3 is 10.6 Å². The van der Waals surface area contributed by atoms with Gasteiger partial charge in [0, 0.05) is 18.3 Å². The van der Waals surface area contributed by atoms with Gasteiger partial charge in [-0.2, -0.15) is 0 Å². The van der Waals surface area contributed by atoms with Crippen molar-refractivity contribution in [3.8, 4) is 0 Å². The average molecular weight is 323 g/mol. The van der Waals surface area contributed by atoms with E-state index in [-0.39, 0.29) is 5.91 Å². The fourth-order valence-electron chi connectivity index (χ4n) is 3.10. The lowest BCUT2D eigenvalue weighted by Crippen LogP contribution is -2.44. The van der Waals surface area contributed by atoms with Crippen LogP contribution in [0.2, 0.25) is 0 Å². The summed E-state index contributed by atoms with van der Waals surface area (Å²) in [6.07, 6.45) is 2.18. The molecule has 2 aromatic rings. The average Bonchev–Trinajstić information content (AvgIpc) is 2.63. The van der Waals surface area contributed by atoms with Crippen LogP contribution in [0.1, 0.15) is 18.4 Å². The third-order valence-corrected chi connectivity index (χ3v) is 4.45. The smallest absolute Gasteiger partial charge is 0.238 e. The van der Waals surface area contributed by atoms with Crippen molar-refractivity contribution in [2.45, 2.75) is 25.4 Å². The first kappa shape index (κ1) is 16.7. The zero-order chi connectivity index (χ0) is 16.6. The van der Waals surface area contributed by atoms with E-state index < -0.39 is 0 Å². The van der Waals surface area contributed by atoms with Gasteiger partial charge in [-0.25, -0.2) is 0 Å². The van der Waals surface area contributed by atoms with E-state index in [1.54, 1.807) is 0 Å². The van der Waals surface area contributed by atoms with Crippen LogP contribution in [0.4, 0.5) is 5.69 Å². The predicted octanol–water partition coefficient (Wildman–Crippen LogP) is 2.88. The van der Waals surface area contributed by atoms with Crippen molar-refractivity contribution in [2.24, 2.45) is 0 Å². The number of hydrogen-bond donors (Lipinski definition) is 2. The summed E-state index contributed by atoms with van der Waals surface area (Å²) in [4.78, 5) is 14.5. The maximum absolute atomic E-state index is 12.0. The Morgan fingerprint density at radius 3 is 2.25 bits per heavy atom. The zero-order valence-electron chi connectivity index (χ0n) is 13.9. The van der Waals surface area contributed by atoms with Gasteiger partial charge in [0.15, 0.2) is 0 Å². The molecule has 2 N–H and O–H groups in total. The first-order valence-electron chi connectivity index (χ1n) is 8.64. The lowest BCUT2D eigenvalue weighted by molar-refractivity contribution is -0.115. The number of nitrogens with one attached hydrogen (secondary N) is 2. The number of hydrogen-bond acceptors (Lipinski definition) is 3. The molecule has 1 saturated heterocycles. The van der Waals surface area contributed by atoms with Crippen molar-refractivity contribution >= 4 is 11.6 Å². The van der Waals surface area contributed by atoms with Gasteiger partial charge in [0.05, 0.1) is 6.54 Å². The van der Waals surface area contributed by atoms with Crippen molar-refractivity contribution in [1.82, 2.24) is 10.2 Å². The molecule has 0 bridgehead atoms. The number of amides is 1. The molecule has 24 heavy (non-hydrogen) atoms. The minimum atomic E-state index is 0.0212. The molecule has 1 aliphatic heterocycles. The molecular weight excluding hydrogens is 298 g/mol. The molecule has 4 heteroatoms. The molecule has 2 aromatic carbocycles. The first-order chi connectivity index (χ1) is 11.8. The van der Waals surface area contributed by atoms with Gasteiger partial charge >= 0.3 is 0 Å². The predicted molar refractivity (Wildman–Crippen MR) is 97.8 cm³/mol. The molecule has 0 saturated carbocycles. The highest BCUT2D eigenvalue weighted by molar-refractivity contribution is 5.92. The molecule has 1 aliphatic rings. The molecule has 0 aliphatic carbocycles. The Balaban J connectivity index is 1.36. The normalized spacial score (nSPS) is 16.0. The van der Waals surface area contributed by atoms with E-state index >= 15 is 0 Å². The lowest BCUT2D eigenvalue weighted by Gasteiger charge is -2.32. The quantitative estimate of drug-likeness (QED) is 0.859. The number of benzene rings is 2. The molecular formula is C20H25N3O. The summed E-state index contributed by atoms with van der Waals surface area (Å²) in [6, 6.07) is 20.6. The minimum absolute atomic E-state index is 0.0212.